The summed E-state index contributed by atoms with van der Waals surface area (Å²) in [6.07, 6.45) is 0. The van der Waals surface area contributed by atoms with Gasteiger partial charge in [0.25, 0.3) is 11.6 Å². The van der Waals surface area contributed by atoms with Crippen molar-refractivity contribution in [2.75, 3.05) is 18.6 Å². The molecule has 0 saturated heterocycles. The zero-order chi connectivity index (χ0) is 20.1. The number of hydrogen-bond acceptors (Lipinski definition) is 6. The van der Waals surface area contributed by atoms with Crippen molar-refractivity contribution in [2.45, 2.75) is 0 Å². The van der Waals surface area contributed by atoms with Crippen LogP contribution in [0, 0.1) is 10.1 Å². The molecular formula is C20H16N2O6. The third-order valence-corrected chi connectivity index (χ3v) is 4.01. The first-order valence-corrected chi connectivity index (χ1v) is 8.29. The number of non-ortho nitro benzene ring substituents is 1. The topological polar surface area (TPSA) is 103 Å². The summed E-state index contributed by atoms with van der Waals surface area (Å²) >= 11 is 0. The van der Waals surface area contributed by atoms with E-state index in [2.05, 4.69) is 0 Å². The van der Waals surface area contributed by atoms with E-state index in [0.29, 0.717) is 17.0 Å². The van der Waals surface area contributed by atoms with Gasteiger partial charge in [-0.3, -0.25) is 14.9 Å². The van der Waals surface area contributed by atoms with E-state index in [-0.39, 0.29) is 17.4 Å². The molecule has 1 amide bonds. The van der Waals surface area contributed by atoms with Gasteiger partial charge in [-0.1, -0.05) is 18.2 Å². The third kappa shape index (κ3) is 4.24. The normalized spacial score (nSPS) is 10.3. The fourth-order valence-electron chi connectivity index (χ4n) is 2.44. The van der Waals surface area contributed by atoms with Crippen LogP contribution >= 0.6 is 0 Å². The molecule has 0 atom stereocenters. The fraction of sp³-hybridized carbons (Fsp3) is 0.100. The zero-order valence-corrected chi connectivity index (χ0v) is 14.9. The maximum atomic E-state index is 12.2. The number of carbonyl (C=O) groups excluding carboxylic acids is 2. The molecule has 0 bridgehead atoms. The van der Waals surface area contributed by atoms with Crippen LogP contribution in [0.25, 0.3) is 11.3 Å². The van der Waals surface area contributed by atoms with Gasteiger partial charge in [0, 0.05) is 30.4 Å². The van der Waals surface area contributed by atoms with Gasteiger partial charge in [0.1, 0.15) is 5.76 Å². The summed E-state index contributed by atoms with van der Waals surface area (Å²) in [5, 5.41) is 10.7. The lowest BCUT2D eigenvalue weighted by Crippen LogP contribution is -2.31. The molecule has 28 heavy (non-hydrogen) atoms. The second-order valence-corrected chi connectivity index (χ2v) is 5.83. The van der Waals surface area contributed by atoms with Crippen molar-refractivity contribution in [3.05, 3.63) is 82.6 Å². The second kappa shape index (κ2) is 8.17. The van der Waals surface area contributed by atoms with Crippen molar-refractivity contribution in [3.63, 3.8) is 0 Å². The van der Waals surface area contributed by atoms with Crippen molar-refractivity contribution >= 4 is 23.3 Å². The average molecular weight is 380 g/mol. The van der Waals surface area contributed by atoms with E-state index in [4.69, 9.17) is 9.15 Å². The first kappa shape index (κ1) is 18.8. The Balaban J connectivity index is 1.61. The molecule has 1 heterocycles. The van der Waals surface area contributed by atoms with Gasteiger partial charge in [-0.05, 0) is 36.4 Å². The summed E-state index contributed by atoms with van der Waals surface area (Å²) in [6.45, 7) is -0.433. The van der Waals surface area contributed by atoms with E-state index in [1.54, 1.807) is 37.4 Å². The predicted molar refractivity (Wildman–Crippen MR) is 101 cm³/mol. The molecule has 1 aromatic heterocycles. The zero-order valence-electron chi connectivity index (χ0n) is 14.9. The Hall–Kier alpha value is -3.94. The minimum Gasteiger partial charge on any atom is -0.450 e. The Morgan fingerprint density at radius 1 is 1.04 bits per heavy atom. The molecule has 3 rings (SSSR count). The monoisotopic (exact) mass is 380 g/mol. The molecule has 8 heteroatoms. The maximum Gasteiger partial charge on any atom is 0.374 e. The minimum absolute atomic E-state index is 0.0454. The van der Waals surface area contributed by atoms with Gasteiger partial charge in [0.2, 0.25) is 5.76 Å². The molecule has 142 valence electrons. The maximum absolute atomic E-state index is 12.2. The van der Waals surface area contributed by atoms with Gasteiger partial charge >= 0.3 is 5.97 Å². The minimum atomic E-state index is -0.775. The summed E-state index contributed by atoms with van der Waals surface area (Å²) in [4.78, 5) is 35.9. The van der Waals surface area contributed by atoms with Crippen LogP contribution in [0.4, 0.5) is 11.4 Å². The Kier molecular flexibility index (Phi) is 5.50. The van der Waals surface area contributed by atoms with Crippen LogP contribution in [-0.2, 0) is 9.53 Å². The Bertz CT molecular complexity index is 995. The van der Waals surface area contributed by atoms with E-state index >= 15 is 0 Å². The number of anilines is 1. The standard InChI is InChI=1S/C20H16N2O6/c1-21(15-5-3-2-4-6-15)19(23)13-27-20(24)18-12-11-17(28-18)14-7-9-16(10-8-14)22(25)26/h2-12H,13H2,1H3. The van der Waals surface area contributed by atoms with Crippen molar-refractivity contribution in [2.24, 2.45) is 0 Å². The van der Waals surface area contributed by atoms with Crippen LogP contribution in [0.1, 0.15) is 10.6 Å². The lowest BCUT2D eigenvalue weighted by atomic mass is 10.1. The number of ether oxygens (including phenoxy) is 1. The highest BCUT2D eigenvalue weighted by Crippen LogP contribution is 2.24. The molecule has 0 N–H and O–H groups in total. The largest absolute Gasteiger partial charge is 0.450 e. The number of nitro benzene ring substituents is 1. The van der Waals surface area contributed by atoms with Gasteiger partial charge in [0.15, 0.2) is 6.61 Å². The van der Waals surface area contributed by atoms with Crippen LogP contribution in [0.2, 0.25) is 0 Å². The van der Waals surface area contributed by atoms with E-state index in [1.807, 2.05) is 6.07 Å². The van der Waals surface area contributed by atoms with Crippen LogP contribution in [0.5, 0.6) is 0 Å². The van der Waals surface area contributed by atoms with Gasteiger partial charge < -0.3 is 14.1 Å². The number of esters is 1. The number of likely N-dealkylation sites (N-methyl/N-ethyl adjacent to an activating group) is 1. The molecule has 0 aliphatic carbocycles. The van der Waals surface area contributed by atoms with Crippen molar-refractivity contribution in [1.29, 1.82) is 0 Å². The molecule has 0 unspecified atom stereocenters. The smallest absolute Gasteiger partial charge is 0.374 e. The highest BCUT2D eigenvalue weighted by atomic mass is 16.6. The number of carbonyl (C=O) groups is 2. The number of nitro groups is 1. The first-order valence-electron chi connectivity index (χ1n) is 8.29. The highest BCUT2D eigenvalue weighted by molar-refractivity contribution is 5.96. The molecule has 3 aromatic rings. The number of amides is 1. The SMILES string of the molecule is CN(C(=O)COC(=O)c1ccc(-c2ccc([N+](=O)[O-])cc2)o1)c1ccccc1. The molecule has 0 saturated carbocycles. The number of nitrogens with zero attached hydrogens (tertiary/aromatic N) is 2. The van der Waals surface area contributed by atoms with Gasteiger partial charge in [-0.15, -0.1) is 0 Å². The molecule has 0 fully saturated rings. The Labute approximate surface area is 160 Å². The van der Waals surface area contributed by atoms with Crippen molar-refractivity contribution in [1.82, 2.24) is 0 Å². The number of para-hydroxylation sites is 1. The van der Waals surface area contributed by atoms with E-state index in [1.165, 1.54) is 35.2 Å². The highest BCUT2D eigenvalue weighted by Gasteiger charge is 2.18. The Morgan fingerprint density at radius 3 is 2.36 bits per heavy atom. The van der Waals surface area contributed by atoms with Gasteiger partial charge in [-0.25, -0.2) is 4.79 Å². The van der Waals surface area contributed by atoms with E-state index < -0.39 is 17.5 Å². The summed E-state index contributed by atoms with van der Waals surface area (Å²) in [7, 11) is 1.59. The van der Waals surface area contributed by atoms with Crippen LogP contribution in [0.3, 0.4) is 0 Å². The van der Waals surface area contributed by atoms with Crippen molar-refractivity contribution < 1.29 is 23.7 Å². The lowest BCUT2D eigenvalue weighted by Gasteiger charge is -2.16. The Morgan fingerprint density at radius 2 is 1.71 bits per heavy atom. The summed E-state index contributed by atoms with van der Waals surface area (Å²) in [6, 6.07) is 17.7. The molecular weight excluding hydrogens is 364 g/mol. The average Bonchev–Trinajstić information content (AvgIpc) is 3.22. The number of furan rings is 1. The number of benzene rings is 2. The molecule has 2 aromatic carbocycles. The summed E-state index contributed by atoms with van der Waals surface area (Å²) < 4.78 is 10.5. The number of rotatable bonds is 6. The molecule has 0 aliphatic rings. The lowest BCUT2D eigenvalue weighted by molar-refractivity contribution is -0.384. The summed E-state index contributed by atoms with van der Waals surface area (Å²) in [5.74, 6) is -0.872. The fourth-order valence-corrected chi connectivity index (χ4v) is 2.44. The van der Waals surface area contributed by atoms with Gasteiger partial charge in [0.05, 0.1) is 4.92 Å². The van der Waals surface area contributed by atoms with Crippen LogP contribution in [-0.4, -0.2) is 30.5 Å². The van der Waals surface area contributed by atoms with Crippen molar-refractivity contribution in [3.8, 4) is 11.3 Å². The molecule has 8 nitrogen and oxygen atoms in total. The first-order chi connectivity index (χ1) is 13.5. The van der Waals surface area contributed by atoms with Gasteiger partial charge in [-0.2, -0.15) is 0 Å². The van der Waals surface area contributed by atoms with E-state index in [0.717, 1.165) is 0 Å². The summed E-state index contributed by atoms with van der Waals surface area (Å²) in [5.41, 5.74) is 1.21. The van der Waals surface area contributed by atoms with Crippen LogP contribution < -0.4 is 4.90 Å². The predicted octanol–water partition coefficient (Wildman–Crippen LogP) is 3.67. The third-order valence-electron chi connectivity index (χ3n) is 4.01. The van der Waals surface area contributed by atoms with Crippen LogP contribution in [0.15, 0.2) is 71.1 Å². The molecule has 0 radical (unpaired) electrons. The number of hydrogen-bond donors (Lipinski definition) is 0. The van der Waals surface area contributed by atoms with E-state index in [9.17, 15) is 19.7 Å². The second-order valence-electron chi connectivity index (χ2n) is 5.83. The molecule has 0 spiro atoms. The quantitative estimate of drug-likeness (QED) is 0.367. The molecule has 0 aliphatic heterocycles.